The second-order valence-electron chi connectivity index (χ2n) is 8.56. The summed E-state index contributed by atoms with van der Waals surface area (Å²) in [4.78, 5) is 17.0. The molecule has 9 nitrogen and oxygen atoms in total. The summed E-state index contributed by atoms with van der Waals surface area (Å²) >= 11 is 0.974. The van der Waals surface area contributed by atoms with Crippen molar-refractivity contribution in [3.05, 3.63) is 83.0 Å². The molecular weight excluding hydrogens is 559 g/mol. The van der Waals surface area contributed by atoms with Gasteiger partial charge in [0.2, 0.25) is 10.9 Å². The topological polar surface area (TPSA) is 99.9 Å². The molecule has 210 valence electrons. The number of carbonyl (C=O) groups is 1. The zero-order valence-electron chi connectivity index (χ0n) is 21.9. The number of nitrogens with one attached hydrogen (secondary N) is 1. The first-order valence-corrected chi connectivity index (χ1v) is 12.9. The average molecular weight is 582 g/mol. The molecule has 0 radical (unpaired) electrons. The highest BCUT2D eigenvalue weighted by Gasteiger charge is 2.35. The van der Waals surface area contributed by atoms with Crippen molar-refractivity contribution in [3.63, 3.8) is 0 Å². The van der Waals surface area contributed by atoms with Gasteiger partial charge in [-0.05, 0) is 35.0 Å². The number of alkyl halides is 3. The zero-order chi connectivity index (χ0) is 29.1. The van der Waals surface area contributed by atoms with Crippen LogP contribution >= 0.6 is 11.3 Å². The van der Waals surface area contributed by atoms with E-state index >= 15 is 0 Å². The lowest BCUT2D eigenvalue weighted by Gasteiger charge is -2.12. The van der Waals surface area contributed by atoms with Gasteiger partial charge in [-0.3, -0.25) is 4.79 Å². The second-order valence-corrected chi connectivity index (χ2v) is 9.40. The summed E-state index contributed by atoms with van der Waals surface area (Å²) in [5.74, 6) is 0.556. The molecular formula is C28H22F3N5O4S. The number of carbonyl (C=O) groups excluding carboxylic acids is 1. The summed E-state index contributed by atoms with van der Waals surface area (Å²) in [6.45, 7) is 0. The number of rotatable bonds is 8. The van der Waals surface area contributed by atoms with Crippen molar-refractivity contribution in [2.75, 3.05) is 21.3 Å². The number of fused-ring (bicyclic) bond motifs is 1. The van der Waals surface area contributed by atoms with Crippen LogP contribution in [0.2, 0.25) is 0 Å². The van der Waals surface area contributed by atoms with E-state index in [1.54, 1.807) is 24.3 Å². The quantitative estimate of drug-likeness (QED) is 0.179. The Morgan fingerprint density at radius 1 is 0.976 bits per heavy atom. The van der Waals surface area contributed by atoms with Gasteiger partial charge >= 0.3 is 6.18 Å². The van der Waals surface area contributed by atoms with E-state index in [1.807, 2.05) is 30.3 Å². The van der Waals surface area contributed by atoms with Crippen molar-refractivity contribution < 1.29 is 32.2 Å². The SMILES string of the molecule is COc1cc(/C=N\NC(=O)c2csc(-n3nc(C(F)(F)F)cc3-c3ccc4ccccc4c3)n2)cc(OC)c1OC. The fraction of sp³-hybridized carbons (Fsp3) is 0.143. The van der Waals surface area contributed by atoms with Crippen molar-refractivity contribution in [2.45, 2.75) is 6.18 Å². The van der Waals surface area contributed by atoms with Gasteiger partial charge in [0.1, 0.15) is 5.69 Å². The third kappa shape index (κ3) is 5.70. The minimum atomic E-state index is -4.67. The second kappa shape index (κ2) is 11.3. The number of hydrazone groups is 1. The van der Waals surface area contributed by atoms with Crippen molar-refractivity contribution in [1.82, 2.24) is 20.2 Å². The highest BCUT2D eigenvalue weighted by Crippen LogP contribution is 2.38. The predicted octanol–water partition coefficient (Wildman–Crippen LogP) is 5.96. The number of methoxy groups -OCH3 is 3. The molecule has 0 saturated heterocycles. The minimum Gasteiger partial charge on any atom is -0.493 e. The van der Waals surface area contributed by atoms with Gasteiger partial charge in [-0.15, -0.1) is 11.3 Å². The van der Waals surface area contributed by atoms with E-state index in [4.69, 9.17) is 14.2 Å². The molecule has 13 heteroatoms. The Morgan fingerprint density at radius 3 is 2.34 bits per heavy atom. The molecule has 0 bridgehead atoms. The molecule has 0 aliphatic carbocycles. The number of thiazole rings is 1. The molecule has 5 rings (SSSR count). The number of nitrogens with zero attached hydrogens (tertiary/aromatic N) is 4. The summed E-state index contributed by atoms with van der Waals surface area (Å²) in [7, 11) is 4.43. The first-order chi connectivity index (χ1) is 19.7. The maximum atomic E-state index is 13.6. The molecule has 0 saturated carbocycles. The molecule has 0 unspecified atom stereocenters. The van der Waals surface area contributed by atoms with Crippen molar-refractivity contribution in [3.8, 4) is 33.6 Å². The summed E-state index contributed by atoms with van der Waals surface area (Å²) in [5.41, 5.74) is 2.50. The molecule has 2 heterocycles. The van der Waals surface area contributed by atoms with Crippen molar-refractivity contribution in [2.24, 2.45) is 5.10 Å². The number of halogens is 3. The molecule has 1 amide bonds. The molecule has 0 aliphatic heterocycles. The Bertz CT molecular complexity index is 1740. The monoisotopic (exact) mass is 581 g/mol. The maximum absolute atomic E-state index is 13.6. The molecule has 0 aliphatic rings. The number of amides is 1. The van der Waals surface area contributed by atoms with Crippen LogP contribution in [0.5, 0.6) is 17.2 Å². The Balaban J connectivity index is 1.41. The van der Waals surface area contributed by atoms with Crippen LogP contribution in [0, 0.1) is 0 Å². The van der Waals surface area contributed by atoms with Crippen molar-refractivity contribution in [1.29, 1.82) is 0 Å². The van der Waals surface area contributed by atoms with Gasteiger partial charge in [-0.25, -0.2) is 15.1 Å². The third-order valence-corrected chi connectivity index (χ3v) is 6.83. The highest BCUT2D eigenvalue weighted by molar-refractivity contribution is 7.12. The Morgan fingerprint density at radius 2 is 1.68 bits per heavy atom. The first kappa shape index (κ1) is 27.6. The normalized spacial score (nSPS) is 11.7. The van der Waals surface area contributed by atoms with Gasteiger partial charge in [-0.2, -0.15) is 23.4 Å². The van der Waals surface area contributed by atoms with Crippen LogP contribution < -0.4 is 19.6 Å². The zero-order valence-corrected chi connectivity index (χ0v) is 22.7. The number of aromatic nitrogens is 3. The highest BCUT2D eigenvalue weighted by atomic mass is 32.1. The smallest absolute Gasteiger partial charge is 0.435 e. The number of hydrogen-bond donors (Lipinski definition) is 1. The summed E-state index contributed by atoms with van der Waals surface area (Å²) < 4.78 is 57.8. The average Bonchev–Trinajstić information content (AvgIpc) is 3.64. The van der Waals surface area contributed by atoms with E-state index in [0.717, 1.165) is 32.9 Å². The van der Waals surface area contributed by atoms with E-state index in [-0.39, 0.29) is 16.5 Å². The molecule has 41 heavy (non-hydrogen) atoms. The van der Waals surface area contributed by atoms with E-state index in [1.165, 1.54) is 32.9 Å². The fourth-order valence-corrected chi connectivity index (χ4v) is 4.85. The molecule has 3 aromatic carbocycles. The third-order valence-electron chi connectivity index (χ3n) is 6.02. The van der Waals surface area contributed by atoms with Crippen LogP contribution in [-0.4, -0.2) is 48.2 Å². The standard InChI is InChI=1S/C28H22F3N5O4S/c1-38-22-10-16(11-23(39-2)25(22)40-3)14-32-34-26(37)20-15-41-27(33-20)36-21(13-24(35-36)28(29,30)31)19-9-8-17-6-4-5-7-18(17)12-19/h4-15H,1-3H3,(H,34,37)/b32-14-. The Kier molecular flexibility index (Phi) is 7.62. The number of hydrogen-bond acceptors (Lipinski definition) is 8. The molecule has 5 aromatic rings. The predicted molar refractivity (Wildman–Crippen MR) is 148 cm³/mol. The molecule has 0 spiro atoms. The minimum absolute atomic E-state index is 0.0411. The van der Waals surface area contributed by atoms with Gasteiger partial charge in [0.05, 0.1) is 33.2 Å². The van der Waals surface area contributed by atoms with Gasteiger partial charge in [0.15, 0.2) is 17.2 Å². The maximum Gasteiger partial charge on any atom is 0.435 e. The molecule has 1 N–H and O–H groups in total. The largest absolute Gasteiger partial charge is 0.493 e. The van der Waals surface area contributed by atoms with Gasteiger partial charge in [-0.1, -0.05) is 36.4 Å². The van der Waals surface area contributed by atoms with E-state index in [0.29, 0.717) is 28.4 Å². The van der Waals surface area contributed by atoms with E-state index < -0.39 is 17.8 Å². The van der Waals surface area contributed by atoms with Crippen LogP contribution in [-0.2, 0) is 6.18 Å². The lowest BCUT2D eigenvalue weighted by Crippen LogP contribution is -2.18. The van der Waals surface area contributed by atoms with Crippen LogP contribution in [0.3, 0.4) is 0 Å². The first-order valence-electron chi connectivity index (χ1n) is 12.0. The van der Waals surface area contributed by atoms with Crippen molar-refractivity contribution >= 4 is 34.2 Å². The van der Waals surface area contributed by atoms with Crippen LogP contribution in [0.4, 0.5) is 13.2 Å². The van der Waals surface area contributed by atoms with Gasteiger partial charge in [0.25, 0.3) is 5.91 Å². The Hall–Kier alpha value is -4.91. The van der Waals surface area contributed by atoms with E-state index in [2.05, 4.69) is 20.6 Å². The summed E-state index contributed by atoms with van der Waals surface area (Å²) in [6.07, 6.45) is -3.30. The van der Waals surface area contributed by atoms with E-state index in [9.17, 15) is 18.0 Å². The van der Waals surface area contributed by atoms with Gasteiger partial charge < -0.3 is 14.2 Å². The number of ether oxygens (including phenoxy) is 3. The lowest BCUT2D eigenvalue weighted by atomic mass is 10.0. The lowest BCUT2D eigenvalue weighted by molar-refractivity contribution is -0.141. The molecule has 2 aromatic heterocycles. The van der Waals surface area contributed by atoms with Gasteiger partial charge in [0, 0.05) is 16.5 Å². The van der Waals surface area contributed by atoms with Crippen LogP contribution in [0.1, 0.15) is 21.7 Å². The molecule has 0 atom stereocenters. The van der Waals surface area contributed by atoms with Crippen LogP contribution in [0.25, 0.3) is 27.2 Å². The summed E-state index contributed by atoms with van der Waals surface area (Å²) in [6, 6.07) is 17.1. The fourth-order valence-electron chi connectivity index (χ4n) is 4.08. The number of benzene rings is 3. The molecule has 0 fully saturated rings. The Labute approximate surface area is 235 Å². The summed E-state index contributed by atoms with van der Waals surface area (Å²) in [5, 5.41) is 11.0. The van der Waals surface area contributed by atoms with Crippen LogP contribution in [0.15, 0.2) is 71.1 Å².